The van der Waals surface area contributed by atoms with E-state index in [1.54, 1.807) is 18.7 Å². The van der Waals surface area contributed by atoms with Crippen molar-refractivity contribution in [1.29, 1.82) is 0 Å². The summed E-state index contributed by atoms with van der Waals surface area (Å²) in [6, 6.07) is 7.78. The lowest BCUT2D eigenvalue weighted by atomic mass is 9.88. The van der Waals surface area contributed by atoms with Crippen LogP contribution in [0.15, 0.2) is 29.2 Å². The highest BCUT2D eigenvalue weighted by atomic mass is 32.2. The number of ether oxygens (including phenoxy) is 1. The van der Waals surface area contributed by atoms with Gasteiger partial charge in [-0.05, 0) is 25.0 Å². The molecule has 0 bridgehead atoms. The van der Waals surface area contributed by atoms with Crippen LogP contribution in [0.3, 0.4) is 0 Å². The van der Waals surface area contributed by atoms with Crippen LogP contribution in [0.2, 0.25) is 0 Å². The number of carbonyl (C=O) groups is 1. The Bertz CT molecular complexity index is 408. The topological polar surface area (TPSA) is 52.3 Å². The molecule has 4 heteroatoms. The van der Waals surface area contributed by atoms with Crippen molar-refractivity contribution < 1.29 is 9.53 Å². The van der Waals surface area contributed by atoms with Crippen molar-refractivity contribution in [3.8, 4) is 0 Å². The molecule has 2 rings (SSSR count). The number of esters is 1. The van der Waals surface area contributed by atoms with Crippen LogP contribution in [0.4, 0.5) is 0 Å². The minimum Gasteiger partial charge on any atom is -0.464 e. The third-order valence-electron chi connectivity index (χ3n) is 2.76. The third kappa shape index (κ3) is 1.83. The molecule has 0 saturated carbocycles. The van der Waals surface area contributed by atoms with Crippen LogP contribution in [-0.4, -0.2) is 18.3 Å². The summed E-state index contributed by atoms with van der Waals surface area (Å²) < 4.78 is 5.07. The fourth-order valence-electron chi connectivity index (χ4n) is 1.89. The predicted molar refractivity (Wildman–Crippen MR) is 64.3 cm³/mol. The molecule has 0 aromatic heterocycles. The van der Waals surface area contributed by atoms with Gasteiger partial charge >= 0.3 is 5.97 Å². The summed E-state index contributed by atoms with van der Waals surface area (Å²) in [4.78, 5) is 13.0. The molecule has 1 heterocycles. The lowest BCUT2D eigenvalue weighted by Gasteiger charge is -2.32. The number of carbonyl (C=O) groups excluding carboxylic acids is 1. The van der Waals surface area contributed by atoms with Crippen molar-refractivity contribution in [2.24, 2.45) is 5.73 Å². The molecule has 86 valence electrons. The molecule has 1 atom stereocenters. The monoisotopic (exact) mass is 237 g/mol. The maximum Gasteiger partial charge on any atom is 0.330 e. The minimum absolute atomic E-state index is 0.317. The molecular formula is C12H15NO2S. The summed E-state index contributed by atoms with van der Waals surface area (Å²) in [7, 11) is 0. The second-order valence-corrected chi connectivity index (χ2v) is 4.92. The minimum atomic E-state index is -0.960. The fraction of sp³-hybridized carbons (Fsp3) is 0.417. The van der Waals surface area contributed by atoms with Crippen LogP contribution in [0, 0.1) is 0 Å². The number of hydrogen-bond donors (Lipinski definition) is 1. The molecule has 0 amide bonds. The summed E-state index contributed by atoms with van der Waals surface area (Å²) in [5.74, 6) is 0.537. The first-order chi connectivity index (χ1) is 7.68. The van der Waals surface area contributed by atoms with E-state index in [1.807, 2.05) is 24.3 Å². The molecule has 1 aromatic carbocycles. The molecule has 1 aliphatic heterocycles. The number of rotatable bonds is 2. The zero-order valence-electron chi connectivity index (χ0n) is 9.23. The Balaban J connectivity index is 2.40. The Morgan fingerprint density at radius 3 is 3.06 bits per heavy atom. The molecule has 0 spiro atoms. The molecule has 0 saturated heterocycles. The van der Waals surface area contributed by atoms with Gasteiger partial charge in [-0.1, -0.05) is 18.2 Å². The van der Waals surface area contributed by atoms with E-state index >= 15 is 0 Å². The van der Waals surface area contributed by atoms with Gasteiger partial charge in [0.05, 0.1) is 6.61 Å². The second-order valence-electron chi connectivity index (χ2n) is 3.79. The van der Waals surface area contributed by atoms with Crippen molar-refractivity contribution in [2.75, 3.05) is 12.4 Å². The van der Waals surface area contributed by atoms with Gasteiger partial charge < -0.3 is 10.5 Å². The Labute approximate surface area is 99.4 Å². The van der Waals surface area contributed by atoms with Gasteiger partial charge in [0.25, 0.3) is 0 Å². The van der Waals surface area contributed by atoms with Gasteiger partial charge in [-0.15, -0.1) is 11.8 Å². The van der Waals surface area contributed by atoms with Crippen molar-refractivity contribution in [2.45, 2.75) is 23.8 Å². The zero-order valence-corrected chi connectivity index (χ0v) is 10.0. The summed E-state index contributed by atoms with van der Waals surface area (Å²) in [6.45, 7) is 2.16. The van der Waals surface area contributed by atoms with Gasteiger partial charge in [0, 0.05) is 10.6 Å². The summed E-state index contributed by atoms with van der Waals surface area (Å²) in [5, 5.41) is 0. The SMILES string of the molecule is CCOC(=O)C1(N)CCSc2ccccc21. The standard InChI is InChI=1S/C12H15NO2S/c1-2-15-11(14)12(13)7-8-16-10-6-4-3-5-9(10)12/h3-6H,2,7-8,13H2,1H3. The normalized spacial score (nSPS) is 23.6. The second kappa shape index (κ2) is 4.47. The molecule has 3 nitrogen and oxygen atoms in total. The summed E-state index contributed by atoms with van der Waals surface area (Å²) in [5.41, 5.74) is 6.15. The highest BCUT2D eigenvalue weighted by molar-refractivity contribution is 7.99. The Hall–Kier alpha value is -1.00. The van der Waals surface area contributed by atoms with Crippen LogP contribution in [0.1, 0.15) is 18.9 Å². The predicted octanol–water partition coefficient (Wildman–Crippen LogP) is 1.90. The lowest BCUT2D eigenvalue weighted by molar-refractivity contribution is -0.150. The van der Waals surface area contributed by atoms with Gasteiger partial charge in [0.15, 0.2) is 0 Å². The van der Waals surface area contributed by atoms with Crippen molar-refractivity contribution in [1.82, 2.24) is 0 Å². The molecule has 0 fully saturated rings. The van der Waals surface area contributed by atoms with Crippen LogP contribution in [0.5, 0.6) is 0 Å². The number of thioether (sulfide) groups is 1. The first kappa shape index (κ1) is 11.5. The summed E-state index contributed by atoms with van der Waals surface area (Å²) >= 11 is 1.74. The number of benzene rings is 1. The van der Waals surface area contributed by atoms with E-state index in [0.29, 0.717) is 13.0 Å². The molecule has 0 aliphatic carbocycles. The fourth-order valence-corrected chi connectivity index (χ4v) is 3.11. The molecule has 1 unspecified atom stereocenters. The Kier molecular flexibility index (Phi) is 3.21. The van der Waals surface area contributed by atoms with E-state index in [-0.39, 0.29) is 5.97 Å². The Morgan fingerprint density at radius 1 is 1.56 bits per heavy atom. The average Bonchev–Trinajstić information content (AvgIpc) is 2.30. The molecule has 16 heavy (non-hydrogen) atoms. The van der Waals surface area contributed by atoms with Crippen LogP contribution >= 0.6 is 11.8 Å². The zero-order chi connectivity index (χ0) is 11.6. The van der Waals surface area contributed by atoms with Crippen molar-refractivity contribution in [3.63, 3.8) is 0 Å². The van der Waals surface area contributed by atoms with E-state index in [1.165, 1.54) is 0 Å². The lowest BCUT2D eigenvalue weighted by Crippen LogP contribution is -2.48. The molecular weight excluding hydrogens is 222 g/mol. The average molecular weight is 237 g/mol. The van der Waals surface area contributed by atoms with Crippen LogP contribution in [-0.2, 0) is 15.1 Å². The van der Waals surface area contributed by atoms with Crippen molar-refractivity contribution >= 4 is 17.7 Å². The van der Waals surface area contributed by atoms with Gasteiger partial charge in [-0.3, -0.25) is 0 Å². The van der Waals surface area contributed by atoms with Crippen LogP contribution in [0.25, 0.3) is 0 Å². The van der Waals surface area contributed by atoms with E-state index in [9.17, 15) is 4.79 Å². The largest absolute Gasteiger partial charge is 0.464 e. The smallest absolute Gasteiger partial charge is 0.330 e. The summed E-state index contributed by atoms with van der Waals surface area (Å²) in [6.07, 6.45) is 0.632. The third-order valence-corrected chi connectivity index (χ3v) is 3.84. The maximum absolute atomic E-state index is 11.9. The number of fused-ring (bicyclic) bond motifs is 1. The van der Waals surface area contributed by atoms with E-state index in [2.05, 4.69) is 0 Å². The first-order valence-electron chi connectivity index (χ1n) is 5.37. The molecule has 1 aromatic rings. The number of hydrogen-bond acceptors (Lipinski definition) is 4. The quantitative estimate of drug-likeness (QED) is 0.798. The van der Waals surface area contributed by atoms with Gasteiger partial charge in [-0.2, -0.15) is 0 Å². The highest BCUT2D eigenvalue weighted by Gasteiger charge is 2.41. The van der Waals surface area contributed by atoms with E-state index in [0.717, 1.165) is 16.2 Å². The van der Waals surface area contributed by atoms with E-state index < -0.39 is 5.54 Å². The first-order valence-corrected chi connectivity index (χ1v) is 6.35. The van der Waals surface area contributed by atoms with Gasteiger partial charge in [0.1, 0.15) is 5.54 Å². The van der Waals surface area contributed by atoms with Gasteiger partial charge in [0.2, 0.25) is 0 Å². The van der Waals surface area contributed by atoms with Gasteiger partial charge in [-0.25, -0.2) is 4.79 Å². The highest BCUT2D eigenvalue weighted by Crippen LogP contribution is 2.39. The Morgan fingerprint density at radius 2 is 2.31 bits per heavy atom. The molecule has 1 aliphatic rings. The molecule has 2 N–H and O–H groups in total. The molecule has 0 radical (unpaired) electrons. The number of nitrogens with two attached hydrogens (primary N) is 1. The van der Waals surface area contributed by atoms with Crippen LogP contribution < -0.4 is 5.73 Å². The maximum atomic E-state index is 11.9. The van der Waals surface area contributed by atoms with Crippen molar-refractivity contribution in [3.05, 3.63) is 29.8 Å². The van der Waals surface area contributed by atoms with E-state index in [4.69, 9.17) is 10.5 Å².